The van der Waals surface area contributed by atoms with E-state index in [4.69, 9.17) is 31.4 Å². The standard InChI is InChI=1S/C38H75O10P/c1-3-5-7-9-11-13-15-17-19-21-23-25-27-29-37(41)45-33-36(34-47-49(43,44)46-32-35(40)31-39)48-38(42)30-28-26-24-22-20-18-16-14-12-10-8-6-4-2/h35-36,39-40H,3-34H2,1-2H3,(H,43,44)/t35-,36-/m1/s1/i1D3,3D2,5D2,7D2. The van der Waals surface area contributed by atoms with Crippen molar-refractivity contribution in [2.75, 3.05) is 26.4 Å². The van der Waals surface area contributed by atoms with Gasteiger partial charge in [-0.15, -0.1) is 0 Å². The first kappa shape index (κ1) is 33.8. The molecule has 0 radical (unpaired) electrons. The van der Waals surface area contributed by atoms with E-state index in [9.17, 15) is 24.2 Å². The van der Waals surface area contributed by atoms with E-state index in [1.54, 1.807) is 0 Å². The third-order valence-electron chi connectivity index (χ3n) is 8.11. The summed E-state index contributed by atoms with van der Waals surface area (Å²) in [7, 11) is -4.68. The van der Waals surface area contributed by atoms with E-state index in [2.05, 4.69) is 11.4 Å². The number of hydrogen-bond donors (Lipinski definition) is 3. The highest BCUT2D eigenvalue weighted by Crippen LogP contribution is 2.43. The third-order valence-corrected chi connectivity index (χ3v) is 9.06. The highest BCUT2D eigenvalue weighted by molar-refractivity contribution is 7.47. The molecule has 0 heterocycles. The van der Waals surface area contributed by atoms with Gasteiger partial charge in [-0.1, -0.05) is 168 Å². The van der Waals surface area contributed by atoms with Gasteiger partial charge in [0.15, 0.2) is 6.10 Å². The molecule has 0 aromatic carbocycles. The second-order valence-corrected chi connectivity index (χ2v) is 14.2. The molecule has 0 aliphatic carbocycles. The maximum Gasteiger partial charge on any atom is 0.472 e. The van der Waals surface area contributed by atoms with Crippen LogP contribution in [0.4, 0.5) is 0 Å². The van der Waals surface area contributed by atoms with Gasteiger partial charge < -0.3 is 24.6 Å². The average Bonchev–Trinajstić information content (AvgIpc) is 3.15. The lowest BCUT2D eigenvalue weighted by Gasteiger charge is -2.20. The summed E-state index contributed by atoms with van der Waals surface area (Å²) in [5.41, 5.74) is 0. The molecule has 1 unspecified atom stereocenters. The largest absolute Gasteiger partial charge is 0.472 e. The number of rotatable bonds is 38. The smallest absolute Gasteiger partial charge is 0.462 e. The van der Waals surface area contributed by atoms with Gasteiger partial charge in [0.05, 0.1) is 19.8 Å². The molecule has 3 atom stereocenters. The zero-order chi connectivity index (χ0) is 44.1. The van der Waals surface area contributed by atoms with Gasteiger partial charge in [-0.25, -0.2) is 4.57 Å². The van der Waals surface area contributed by atoms with Crippen molar-refractivity contribution >= 4 is 19.8 Å². The summed E-state index contributed by atoms with van der Waals surface area (Å²) in [5.74, 6) is -1.10. The van der Waals surface area contributed by atoms with Crippen LogP contribution in [0.3, 0.4) is 0 Å². The van der Waals surface area contributed by atoms with Gasteiger partial charge >= 0.3 is 19.8 Å². The lowest BCUT2D eigenvalue weighted by atomic mass is 10.0. The molecular weight excluding hydrogens is 647 g/mol. The molecule has 0 amide bonds. The minimum Gasteiger partial charge on any atom is -0.462 e. The Balaban J connectivity index is 4.48. The van der Waals surface area contributed by atoms with Crippen LogP contribution in [0.2, 0.25) is 0 Å². The van der Waals surface area contributed by atoms with Crippen molar-refractivity contribution in [3.05, 3.63) is 0 Å². The maximum absolute atomic E-state index is 12.6. The predicted octanol–water partition coefficient (Wildman–Crippen LogP) is 9.89. The van der Waals surface area contributed by atoms with Gasteiger partial charge in [0.2, 0.25) is 0 Å². The number of aliphatic hydroxyl groups is 2. The predicted molar refractivity (Wildman–Crippen MR) is 196 cm³/mol. The van der Waals surface area contributed by atoms with Crippen LogP contribution in [0.25, 0.3) is 0 Å². The number of ether oxygens (including phenoxy) is 2. The van der Waals surface area contributed by atoms with Crippen molar-refractivity contribution in [1.82, 2.24) is 0 Å². The normalized spacial score (nSPS) is 17.8. The summed E-state index contributed by atoms with van der Waals surface area (Å²) in [6.07, 6.45) is 9.62. The van der Waals surface area contributed by atoms with E-state index in [1.165, 1.54) is 57.8 Å². The Morgan fingerprint density at radius 1 is 0.653 bits per heavy atom. The number of carbonyl (C=O) groups is 2. The topological polar surface area (TPSA) is 149 Å². The van der Waals surface area contributed by atoms with Crippen molar-refractivity contribution in [2.24, 2.45) is 0 Å². The number of carbonyl (C=O) groups excluding carboxylic acids is 2. The highest BCUT2D eigenvalue weighted by Gasteiger charge is 2.27. The van der Waals surface area contributed by atoms with E-state index in [0.717, 1.165) is 57.8 Å². The number of hydrogen-bond acceptors (Lipinski definition) is 9. The minimum absolute atomic E-state index is 0.107. The molecule has 10 nitrogen and oxygen atoms in total. The maximum atomic E-state index is 12.6. The first-order chi connectivity index (χ1) is 27.1. The summed E-state index contributed by atoms with van der Waals surface area (Å²) >= 11 is 0. The Kier molecular flexibility index (Phi) is 24.4. The molecule has 0 aliphatic heterocycles. The molecule has 0 aromatic rings. The Labute approximate surface area is 312 Å². The van der Waals surface area contributed by atoms with Crippen LogP contribution in [0.5, 0.6) is 0 Å². The van der Waals surface area contributed by atoms with Crippen LogP contribution in [0.1, 0.15) is 206 Å². The van der Waals surface area contributed by atoms with Gasteiger partial charge in [-0.3, -0.25) is 18.6 Å². The van der Waals surface area contributed by atoms with Crippen LogP contribution < -0.4 is 0 Å². The monoisotopic (exact) mass is 732 g/mol. The molecule has 3 N–H and O–H groups in total. The Morgan fingerprint density at radius 3 is 1.59 bits per heavy atom. The first-order valence-corrected chi connectivity index (χ1v) is 20.4. The number of esters is 2. The zero-order valence-corrected chi connectivity index (χ0v) is 31.2. The minimum atomic E-state index is -4.68. The fraction of sp³-hybridized carbons (Fsp3) is 0.947. The van der Waals surface area contributed by atoms with Crippen molar-refractivity contribution < 1.29 is 60.1 Å². The second kappa shape index (κ2) is 35.4. The van der Waals surface area contributed by atoms with Crippen LogP contribution in [-0.2, 0) is 32.7 Å². The Bertz CT molecular complexity index is 1130. The quantitative estimate of drug-likeness (QED) is 0.0318. The molecule has 49 heavy (non-hydrogen) atoms. The molecule has 0 bridgehead atoms. The fourth-order valence-electron chi connectivity index (χ4n) is 5.18. The average molecular weight is 732 g/mol. The molecule has 0 saturated heterocycles. The number of phosphoric ester groups is 1. The van der Waals surface area contributed by atoms with E-state index in [-0.39, 0.29) is 19.3 Å². The summed E-state index contributed by atoms with van der Waals surface area (Å²) < 4.78 is 102. The molecule has 0 aliphatic rings. The molecule has 0 fully saturated rings. The molecule has 0 saturated carbocycles. The Morgan fingerprint density at radius 2 is 1.10 bits per heavy atom. The lowest BCUT2D eigenvalue weighted by Crippen LogP contribution is -2.29. The van der Waals surface area contributed by atoms with E-state index >= 15 is 0 Å². The SMILES string of the molecule is [2H]C([2H])([2H])C([2H])([2H])C([2H])([2H])C([2H])([2H])CCCCCCCCCCCC(=O)OC[C@H](COP(=O)(O)OC[C@H](O)CO)OC(=O)CCCCCCCCCCCCCCC. The van der Waals surface area contributed by atoms with Crippen molar-refractivity contribution in [3.63, 3.8) is 0 Å². The number of unbranched alkanes of at least 4 members (excludes halogenated alkanes) is 20. The van der Waals surface area contributed by atoms with E-state index in [1.807, 2.05) is 0 Å². The van der Waals surface area contributed by atoms with Crippen LogP contribution in [0, 0.1) is 0 Å². The van der Waals surface area contributed by atoms with Gasteiger partial charge in [-0.2, -0.15) is 0 Å². The summed E-state index contributed by atoms with van der Waals surface area (Å²) in [6, 6.07) is 0. The van der Waals surface area contributed by atoms with Crippen LogP contribution >= 0.6 is 7.82 Å². The van der Waals surface area contributed by atoms with Crippen molar-refractivity contribution in [2.45, 2.75) is 206 Å². The molecule has 0 aromatic heterocycles. The Hall–Kier alpha value is -1.03. The van der Waals surface area contributed by atoms with Gasteiger partial charge in [0.25, 0.3) is 0 Å². The highest BCUT2D eigenvalue weighted by atomic mass is 31.2. The first-order valence-electron chi connectivity index (χ1n) is 23.4. The summed E-state index contributed by atoms with van der Waals surface area (Å²) in [6.45, 7) is -3.44. The number of aliphatic hydroxyl groups excluding tert-OH is 2. The van der Waals surface area contributed by atoms with E-state index in [0.29, 0.717) is 25.7 Å². The van der Waals surface area contributed by atoms with E-state index < -0.39 is 84.4 Å². The van der Waals surface area contributed by atoms with Gasteiger partial charge in [-0.05, 0) is 12.8 Å². The lowest BCUT2D eigenvalue weighted by molar-refractivity contribution is -0.161. The summed E-state index contributed by atoms with van der Waals surface area (Å²) in [4.78, 5) is 35.0. The number of phosphoric acid groups is 1. The van der Waals surface area contributed by atoms with Gasteiger partial charge in [0, 0.05) is 25.2 Å². The summed E-state index contributed by atoms with van der Waals surface area (Å²) in [5, 5.41) is 18.3. The molecule has 11 heteroatoms. The molecule has 292 valence electrons. The molecule has 0 spiro atoms. The van der Waals surface area contributed by atoms with Crippen molar-refractivity contribution in [3.8, 4) is 0 Å². The van der Waals surface area contributed by atoms with Gasteiger partial charge in [0.1, 0.15) is 12.7 Å². The van der Waals surface area contributed by atoms with Crippen molar-refractivity contribution in [1.29, 1.82) is 0 Å². The third kappa shape index (κ3) is 35.2. The van der Waals surface area contributed by atoms with Crippen LogP contribution in [-0.4, -0.2) is 65.7 Å². The zero-order valence-electron chi connectivity index (χ0n) is 39.3. The fourth-order valence-corrected chi connectivity index (χ4v) is 5.97. The second-order valence-electron chi connectivity index (χ2n) is 12.8. The molecular formula is C38H75O10P. The molecule has 0 rings (SSSR count). The van der Waals surface area contributed by atoms with Crippen LogP contribution in [0.15, 0.2) is 0 Å².